The van der Waals surface area contributed by atoms with Crippen LogP contribution in [0.1, 0.15) is 50.8 Å². The van der Waals surface area contributed by atoms with Gasteiger partial charge in [-0.15, -0.1) is 0 Å². The molecule has 5 rings (SSSR count). The maximum Gasteiger partial charge on any atom is 0.407 e. The SMILES string of the molecule is CCOC(=O)[C@H]1C[C@@H](O)[C@@]2(O)[C@H](O[C@H](COCc3ccccc3)[C@@H](OCc3ccccc3)[C@@H]2OCc2ccccc2)[C@@H]1NC(=O)OC(C)(C)C. The average molecular weight is 692 g/mol. The van der Waals surface area contributed by atoms with Crippen molar-refractivity contribution in [3.05, 3.63) is 108 Å². The summed E-state index contributed by atoms with van der Waals surface area (Å²) in [4.78, 5) is 26.7. The molecule has 2 fully saturated rings. The van der Waals surface area contributed by atoms with Crippen molar-refractivity contribution in [3.8, 4) is 0 Å². The molecule has 1 saturated carbocycles. The molecule has 1 aliphatic carbocycles. The highest BCUT2D eigenvalue weighted by Gasteiger charge is 2.67. The summed E-state index contributed by atoms with van der Waals surface area (Å²) in [6, 6.07) is 27.4. The Labute approximate surface area is 293 Å². The minimum Gasteiger partial charge on any atom is -0.466 e. The van der Waals surface area contributed by atoms with Crippen LogP contribution in [0.4, 0.5) is 4.79 Å². The molecule has 270 valence electrons. The van der Waals surface area contributed by atoms with E-state index in [0.29, 0.717) is 0 Å². The molecule has 0 aromatic heterocycles. The Morgan fingerprint density at radius 2 is 1.40 bits per heavy atom. The number of aliphatic hydroxyl groups excluding tert-OH is 1. The third kappa shape index (κ3) is 9.28. The van der Waals surface area contributed by atoms with E-state index < -0.39 is 65.7 Å². The Hall–Kier alpha value is -3.84. The van der Waals surface area contributed by atoms with Gasteiger partial charge in [-0.05, 0) is 50.8 Å². The van der Waals surface area contributed by atoms with Gasteiger partial charge in [-0.3, -0.25) is 4.79 Å². The molecule has 11 nitrogen and oxygen atoms in total. The Bertz CT molecular complexity index is 1500. The van der Waals surface area contributed by atoms with E-state index in [0.717, 1.165) is 16.7 Å². The number of ether oxygens (including phenoxy) is 6. The third-order valence-electron chi connectivity index (χ3n) is 8.89. The third-order valence-corrected chi connectivity index (χ3v) is 8.89. The molecule has 11 heteroatoms. The summed E-state index contributed by atoms with van der Waals surface area (Å²) >= 11 is 0. The summed E-state index contributed by atoms with van der Waals surface area (Å²) < 4.78 is 36.9. The summed E-state index contributed by atoms with van der Waals surface area (Å²) in [7, 11) is 0. The fourth-order valence-corrected chi connectivity index (χ4v) is 6.60. The number of hydrogen-bond acceptors (Lipinski definition) is 10. The topological polar surface area (TPSA) is 142 Å². The molecular weight excluding hydrogens is 642 g/mol. The standard InChI is InChI=1S/C39H49NO10/c1-5-46-36(42)29-21-31(41)39(44)34(32(29)40-37(43)50-38(2,3)4)49-30(25-45-22-26-15-9-6-10-16-26)33(47-23-27-17-11-7-12-18-27)35(39)48-24-28-19-13-8-14-20-28/h6-20,29-35,41,44H,5,21-25H2,1-4H3,(H,40,43)/t29-,30+,31+,32+,33+,34+,35-,39+/m0/s1. The monoisotopic (exact) mass is 691 g/mol. The number of carbonyl (C=O) groups excluding carboxylic acids is 2. The summed E-state index contributed by atoms with van der Waals surface area (Å²) in [6.45, 7) is 7.40. The fourth-order valence-electron chi connectivity index (χ4n) is 6.60. The molecule has 1 heterocycles. The van der Waals surface area contributed by atoms with Crippen LogP contribution in [0.3, 0.4) is 0 Å². The molecule has 0 unspecified atom stereocenters. The molecule has 1 amide bonds. The first-order valence-corrected chi connectivity index (χ1v) is 17.1. The maximum absolute atomic E-state index is 13.4. The van der Waals surface area contributed by atoms with Gasteiger partial charge in [0.15, 0.2) is 0 Å². The molecule has 1 saturated heterocycles. The number of carbonyl (C=O) groups is 2. The predicted octanol–water partition coefficient (Wildman–Crippen LogP) is 4.71. The Morgan fingerprint density at radius 1 is 0.860 bits per heavy atom. The van der Waals surface area contributed by atoms with Crippen molar-refractivity contribution in [3.63, 3.8) is 0 Å². The molecule has 0 bridgehead atoms. The molecule has 3 N–H and O–H groups in total. The Morgan fingerprint density at radius 3 is 1.94 bits per heavy atom. The molecule has 8 atom stereocenters. The van der Waals surface area contributed by atoms with Crippen LogP contribution >= 0.6 is 0 Å². The van der Waals surface area contributed by atoms with Crippen LogP contribution in [0.2, 0.25) is 0 Å². The van der Waals surface area contributed by atoms with Crippen LogP contribution in [0, 0.1) is 5.92 Å². The second-order valence-electron chi connectivity index (χ2n) is 13.7. The highest BCUT2D eigenvalue weighted by molar-refractivity contribution is 5.76. The number of aliphatic hydroxyl groups is 2. The lowest BCUT2D eigenvalue weighted by Crippen LogP contribution is -2.79. The molecule has 3 aromatic rings. The van der Waals surface area contributed by atoms with Gasteiger partial charge in [-0.1, -0.05) is 91.0 Å². The van der Waals surface area contributed by atoms with Gasteiger partial charge in [0.1, 0.15) is 35.6 Å². The summed E-state index contributed by atoms with van der Waals surface area (Å²) in [6.07, 6.45) is -6.99. The van der Waals surface area contributed by atoms with Gasteiger partial charge in [-0.2, -0.15) is 0 Å². The molecule has 3 aromatic carbocycles. The zero-order chi connectivity index (χ0) is 35.7. The van der Waals surface area contributed by atoms with Crippen LogP contribution in [0.5, 0.6) is 0 Å². The number of fused-ring (bicyclic) bond motifs is 1. The second-order valence-corrected chi connectivity index (χ2v) is 13.7. The molecule has 0 spiro atoms. The van der Waals surface area contributed by atoms with E-state index in [2.05, 4.69) is 5.32 Å². The number of rotatable bonds is 13. The maximum atomic E-state index is 13.4. The number of esters is 1. The number of hydrogen-bond donors (Lipinski definition) is 3. The van der Waals surface area contributed by atoms with Crippen LogP contribution in [-0.4, -0.2) is 83.3 Å². The van der Waals surface area contributed by atoms with Gasteiger partial charge in [0, 0.05) is 0 Å². The molecule has 1 aliphatic heterocycles. The van der Waals surface area contributed by atoms with Gasteiger partial charge in [-0.25, -0.2) is 4.79 Å². The fraction of sp³-hybridized carbons (Fsp3) is 0.487. The first kappa shape index (κ1) is 37.4. The zero-order valence-corrected chi connectivity index (χ0v) is 29.1. The van der Waals surface area contributed by atoms with Crippen molar-refractivity contribution in [1.82, 2.24) is 5.32 Å². The minimum atomic E-state index is -2.16. The van der Waals surface area contributed by atoms with Gasteiger partial charge < -0.3 is 44.0 Å². The largest absolute Gasteiger partial charge is 0.466 e. The van der Waals surface area contributed by atoms with Gasteiger partial charge in [0.05, 0.1) is 51.1 Å². The van der Waals surface area contributed by atoms with E-state index in [1.54, 1.807) is 27.7 Å². The van der Waals surface area contributed by atoms with Crippen molar-refractivity contribution in [2.24, 2.45) is 5.92 Å². The summed E-state index contributed by atoms with van der Waals surface area (Å²) in [5.41, 5.74) is -0.362. The number of amides is 1. The first-order chi connectivity index (χ1) is 24.0. The molecular formula is C39H49NO10. The normalized spacial score (nSPS) is 27.9. The lowest BCUT2D eigenvalue weighted by Gasteiger charge is -2.58. The number of benzene rings is 3. The number of alkyl carbamates (subject to hydrolysis) is 1. The van der Waals surface area contributed by atoms with Gasteiger partial charge in [0.2, 0.25) is 0 Å². The van der Waals surface area contributed by atoms with Crippen molar-refractivity contribution in [1.29, 1.82) is 0 Å². The van der Waals surface area contributed by atoms with Crippen molar-refractivity contribution < 1.29 is 48.2 Å². The van der Waals surface area contributed by atoms with E-state index in [-0.39, 0.29) is 39.5 Å². The lowest BCUT2D eigenvalue weighted by atomic mass is 9.65. The van der Waals surface area contributed by atoms with E-state index in [1.165, 1.54) is 0 Å². The van der Waals surface area contributed by atoms with Crippen molar-refractivity contribution >= 4 is 12.1 Å². The Kier molecular flexibility index (Phi) is 12.7. The molecule has 50 heavy (non-hydrogen) atoms. The smallest absolute Gasteiger partial charge is 0.407 e. The van der Waals surface area contributed by atoms with Gasteiger partial charge in [0.25, 0.3) is 0 Å². The molecule has 0 radical (unpaired) electrons. The number of nitrogens with one attached hydrogen (secondary N) is 1. The second kappa shape index (κ2) is 16.9. The molecule has 2 aliphatic rings. The zero-order valence-electron chi connectivity index (χ0n) is 29.1. The summed E-state index contributed by atoms with van der Waals surface area (Å²) in [5, 5.41) is 27.4. The predicted molar refractivity (Wildman–Crippen MR) is 184 cm³/mol. The lowest BCUT2D eigenvalue weighted by molar-refractivity contribution is -0.337. The van der Waals surface area contributed by atoms with Gasteiger partial charge >= 0.3 is 12.1 Å². The van der Waals surface area contributed by atoms with Crippen molar-refractivity contribution in [2.45, 2.75) is 102 Å². The first-order valence-electron chi connectivity index (χ1n) is 17.1. The minimum absolute atomic E-state index is 0.00541. The quantitative estimate of drug-likeness (QED) is 0.216. The van der Waals surface area contributed by atoms with E-state index >= 15 is 0 Å². The highest BCUT2D eigenvalue weighted by Crippen LogP contribution is 2.45. The van der Waals surface area contributed by atoms with E-state index in [9.17, 15) is 19.8 Å². The van der Waals surface area contributed by atoms with E-state index in [4.69, 9.17) is 28.4 Å². The Balaban J connectivity index is 1.54. The van der Waals surface area contributed by atoms with Crippen LogP contribution in [0.25, 0.3) is 0 Å². The highest BCUT2D eigenvalue weighted by atomic mass is 16.6. The van der Waals surface area contributed by atoms with E-state index in [1.807, 2.05) is 91.0 Å². The average Bonchev–Trinajstić information content (AvgIpc) is 3.09. The van der Waals surface area contributed by atoms with Crippen LogP contribution in [0.15, 0.2) is 91.0 Å². The summed E-state index contributed by atoms with van der Waals surface area (Å²) in [5.74, 6) is -1.73. The van der Waals surface area contributed by atoms with Crippen LogP contribution < -0.4 is 5.32 Å². The van der Waals surface area contributed by atoms with Crippen LogP contribution in [-0.2, 0) is 53.0 Å². The van der Waals surface area contributed by atoms with Crippen molar-refractivity contribution in [2.75, 3.05) is 13.2 Å².